The van der Waals surface area contributed by atoms with Crippen molar-refractivity contribution in [2.24, 2.45) is 0 Å². The molecule has 0 aliphatic heterocycles. The normalized spacial score (nSPS) is 10.3. The van der Waals surface area contributed by atoms with Crippen molar-refractivity contribution in [2.45, 2.75) is 13.3 Å². The van der Waals surface area contributed by atoms with Crippen LogP contribution < -0.4 is 4.74 Å². The van der Waals surface area contributed by atoms with E-state index in [0.717, 1.165) is 26.7 Å². The molecule has 1 nitrogen and oxygen atoms in total. The average molecular weight is 142 g/mol. The summed E-state index contributed by atoms with van der Waals surface area (Å²) in [5.41, 5.74) is 1.14. The summed E-state index contributed by atoms with van der Waals surface area (Å²) in [6.07, 6.45) is 1.10. The fourth-order valence-corrected chi connectivity index (χ4v) is 1.35. The van der Waals surface area contributed by atoms with Crippen molar-refractivity contribution in [2.75, 3.05) is 6.61 Å². The maximum Gasteiger partial charge on any atom is 0.134 e. The van der Waals surface area contributed by atoms with Crippen molar-refractivity contribution in [1.29, 1.82) is 0 Å². The summed E-state index contributed by atoms with van der Waals surface area (Å²) in [5.74, 6) is 2.13. The van der Waals surface area contributed by atoms with Crippen LogP contribution in [-0.4, -0.2) is 6.61 Å². The van der Waals surface area contributed by atoms with E-state index in [2.05, 4.69) is 12.7 Å². The molecule has 1 atom stereocenters. The largest absolute Gasteiger partial charge is 0.490 e. The van der Waals surface area contributed by atoms with Gasteiger partial charge in [-0.2, -0.15) is 0 Å². The molecule has 0 amide bonds. The van der Waals surface area contributed by atoms with Crippen LogP contribution in [0.4, 0.5) is 0 Å². The molecule has 1 aromatic rings. The van der Waals surface area contributed by atoms with E-state index in [1.165, 1.54) is 0 Å². The monoisotopic (exact) mass is 142 g/mol. The summed E-state index contributed by atoms with van der Waals surface area (Å²) >= 11 is 0. The first-order valence-corrected chi connectivity index (χ1v) is 4.27. The lowest BCUT2D eigenvalue weighted by atomic mass is 10.5. The second kappa shape index (κ2) is 3.58. The van der Waals surface area contributed by atoms with Gasteiger partial charge in [0.1, 0.15) is 5.48 Å². The van der Waals surface area contributed by atoms with Crippen LogP contribution in [0.25, 0.3) is 0 Å². The summed E-state index contributed by atoms with van der Waals surface area (Å²) in [6, 6.07) is 4.08. The summed E-state index contributed by atoms with van der Waals surface area (Å²) in [7, 11) is 0.768. The molecule has 1 unspecified atom stereocenters. The summed E-state index contributed by atoms with van der Waals surface area (Å²) in [6.45, 7) is 2.98. The zero-order chi connectivity index (χ0) is 6.53. The van der Waals surface area contributed by atoms with Gasteiger partial charge in [-0.15, -0.1) is 0 Å². The second-order valence-electron chi connectivity index (χ2n) is 1.88. The standard InChI is InChI=1S/C7H11OP/c1-2-5-8-7-4-3-6-9-7/h3-4,6,9H,2,5H2,1H3. The Bertz CT molecular complexity index is 146. The Hall–Kier alpha value is -0.420. The number of rotatable bonds is 3. The molecule has 0 aromatic carbocycles. The van der Waals surface area contributed by atoms with E-state index in [-0.39, 0.29) is 0 Å². The highest BCUT2D eigenvalue weighted by Crippen LogP contribution is 2.23. The van der Waals surface area contributed by atoms with Crippen LogP contribution >= 0.6 is 8.19 Å². The smallest absolute Gasteiger partial charge is 0.134 e. The van der Waals surface area contributed by atoms with Crippen molar-refractivity contribution in [1.82, 2.24) is 0 Å². The Balaban J connectivity index is 2.30. The van der Waals surface area contributed by atoms with Gasteiger partial charge in [0.2, 0.25) is 0 Å². The predicted octanol–water partition coefficient (Wildman–Crippen LogP) is 2.51. The Labute approximate surface area is 57.1 Å². The van der Waals surface area contributed by atoms with Gasteiger partial charge in [0.05, 0.1) is 6.61 Å². The lowest BCUT2D eigenvalue weighted by Crippen LogP contribution is -1.91. The van der Waals surface area contributed by atoms with E-state index in [4.69, 9.17) is 4.74 Å². The Morgan fingerprint density at radius 2 is 2.56 bits per heavy atom. The molecule has 1 rings (SSSR count). The quantitative estimate of drug-likeness (QED) is 0.630. The van der Waals surface area contributed by atoms with Gasteiger partial charge in [0.15, 0.2) is 0 Å². The highest BCUT2D eigenvalue weighted by molar-refractivity contribution is 7.31. The Morgan fingerprint density at radius 1 is 1.67 bits per heavy atom. The molecule has 0 radical (unpaired) electrons. The van der Waals surface area contributed by atoms with Crippen molar-refractivity contribution >= 4 is 8.19 Å². The average Bonchev–Trinajstić information content (AvgIpc) is 2.34. The van der Waals surface area contributed by atoms with Crippen LogP contribution in [0, 0.1) is 0 Å². The van der Waals surface area contributed by atoms with Crippen molar-refractivity contribution in [3.05, 3.63) is 17.9 Å². The van der Waals surface area contributed by atoms with Gasteiger partial charge >= 0.3 is 0 Å². The minimum Gasteiger partial charge on any atom is -0.490 e. The molecule has 1 heterocycles. The zero-order valence-corrected chi connectivity index (χ0v) is 6.55. The van der Waals surface area contributed by atoms with Crippen LogP contribution in [-0.2, 0) is 0 Å². The van der Waals surface area contributed by atoms with Crippen LogP contribution in [0.15, 0.2) is 17.9 Å². The van der Waals surface area contributed by atoms with Gasteiger partial charge in [-0.25, -0.2) is 0 Å². The Kier molecular flexibility index (Phi) is 2.66. The van der Waals surface area contributed by atoms with Gasteiger partial charge in [-0.05, 0) is 18.3 Å². The maximum atomic E-state index is 5.36. The maximum absolute atomic E-state index is 5.36. The van der Waals surface area contributed by atoms with E-state index >= 15 is 0 Å². The fraction of sp³-hybridized carbons (Fsp3) is 0.429. The third kappa shape index (κ3) is 2.11. The van der Waals surface area contributed by atoms with E-state index < -0.39 is 0 Å². The molecule has 0 fully saturated rings. The molecule has 1 aromatic heterocycles. The van der Waals surface area contributed by atoms with Crippen molar-refractivity contribution in [3.8, 4) is 5.48 Å². The molecule has 50 valence electrons. The summed E-state index contributed by atoms with van der Waals surface area (Å²) < 4.78 is 5.36. The van der Waals surface area contributed by atoms with Gasteiger partial charge in [0, 0.05) is 0 Å². The first kappa shape index (κ1) is 6.70. The van der Waals surface area contributed by atoms with E-state index in [9.17, 15) is 0 Å². The van der Waals surface area contributed by atoms with Crippen molar-refractivity contribution in [3.63, 3.8) is 0 Å². The van der Waals surface area contributed by atoms with Crippen LogP contribution in [0.5, 0.6) is 5.48 Å². The van der Waals surface area contributed by atoms with E-state index in [0.29, 0.717) is 0 Å². The lowest BCUT2D eigenvalue weighted by Gasteiger charge is -1.98. The minimum absolute atomic E-state index is 0.768. The third-order valence-electron chi connectivity index (χ3n) is 1.03. The Morgan fingerprint density at radius 3 is 3.11 bits per heavy atom. The van der Waals surface area contributed by atoms with Gasteiger partial charge < -0.3 is 4.74 Å². The van der Waals surface area contributed by atoms with E-state index in [1.54, 1.807) is 0 Å². The summed E-state index contributed by atoms with van der Waals surface area (Å²) in [5, 5.41) is 0. The number of ether oxygens (including phenoxy) is 1. The van der Waals surface area contributed by atoms with Gasteiger partial charge in [0.25, 0.3) is 0 Å². The third-order valence-corrected chi connectivity index (χ3v) is 1.99. The number of hydrogen-bond donors (Lipinski definition) is 0. The minimum atomic E-state index is 0.768. The molecular weight excluding hydrogens is 131 g/mol. The van der Waals surface area contributed by atoms with Crippen molar-refractivity contribution < 1.29 is 4.74 Å². The molecule has 0 N–H and O–H groups in total. The van der Waals surface area contributed by atoms with Crippen LogP contribution in [0.2, 0.25) is 0 Å². The van der Waals surface area contributed by atoms with Gasteiger partial charge in [-0.3, -0.25) is 0 Å². The molecule has 2 heteroatoms. The van der Waals surface area contributed by atoms with Crippen LogP contribution in [0.1, 0.15) is 13.3 Å². The highest BCUT2D eigenvalue weighted by Gasteiger charge is 1.87. The molecule has 0 bridgehead atoms. The highest BCUT2D eigenvalue weighted by atomic mass is 31.0. The molecule has 0 spiro atoms. The van der Waals surface area contributed by atoms with Crippen LogP contribution in [0.3, 0.4) is 0 Å². The molecule has 0 aliphatic rings. The predicted molar refractivity (Wildman–Crippen MR) is 41.7 cm³/mol. The molecule has 0 saturated carbocycles. The molecule has 9 heavy (non-hydrogen) atoms. The zero-order valence-electron chi connectivity index (χ0n) is 5.55. The first-order chi connectivity index (χ1) is 4.43. The molecular formula is C7H11OP. The SMILES string of the molecule is CCCOc1ccc[pH]1. The topological polar surface area (TPSA) is 9.23 Å². The fourth-order valence-electron chi connectivity index (χ4n) is 0.616. The van der Waals surface area contributed by atoms with Gasteiger partial charge in [-0.1, -0.05) is 21.2 Å². The molecule has 0 saturated heterocycles. The lowest BCUT2D eigenvalue weighted by molar-refractivity contribution is 0.327. The second-order valence-corrected chi connectivity index (χ2v) is 3.00. The van der Waals surface area contributed by atoms with E-state index in [1.807, 2.05) is 12.1 Å². The summed E-state index contributed by atoms with van der Waals surface area (Å²) in [4.78, 5) is 0. The molecule has 0 aliphatic carbocycles. The first-order valence-electron chi connectivity index (χ1n) is 3.19. The number of hydrogen-bond acceptors (Lipinski definition) is 1.